The Hall–Kier alpha value is -1.42. The number of hydrogen-bond acceptors (Lipinski definition) is 2. The highest BCUT2D eigenvalue weighted by Crippen LogP contribution is 2.36. The molecule has 1 aliphatic carbocycles. The third-order valence-electron chi connectivity index (χ3n) is 3.60. The molecule has 0 heterocycles. The highest BCUT2D eigenvalue weighted by atomic mass is 19.1. The molecule has 1 aromatic rings. The van der Waals surface area contributed by atoms with E-state index in [4.69, 9.17) is 0 Å². The van der Waals surface area contributed by atoms with Crippen LogP contribution in [0.4, 0.5) is 4.39 Å². The van der Waals surface area contributed by atoms with Crippen molar-refractivity contribution in [1.29, 1.82) is 0 Å². The van der Waals surface area contributed by atoms with Crippen molar-refractivity contribution in [1.82, 2.24) is 10.6 Å². The van der Waals surface area contributed by atoms with Crippen LogP contribution in [0.3, 0.4) is 0 Å². The van der Waals surface area contributed by atoms with Crippen molar-refractivity contribution in [2.24, 2.45) is 0 Å². The van der Waals surface area contributed by atoms with Gasteiger partial charge in [0.15, 0.2) is 0 Å². The molecule has 0 unspecified atom stereocenters. The largest absolute Gasteiger partial charge is 0.355 e. The number of halogens is 1. The lowest BCUT2D eigenvalue weighted by atomic mass is 9.76. The monoisotopic (exact) mass is 264 g/mol. The molecular weight excluding hydrogens is 243 g/mol. The van der Waals surface area contributed by atoms with Crippen LogP contribution in [-0.2, 0) is 4.79 Å². The van der Waals surface area contributed by atoms with Gasteiger partial charge in [-0.05, 0) is 42.9 Å². The van der Waals surface area contributed by atoms with Crippen molar-refractivity contribution in [2.75, 3.05) is 13.1 Å². The number of nitrogens with one attached hydrogen (secondary N) is 2. The van der Waals surface area contributed by atoms with E-state index >= 15 is 0 Å². The summed E-state index contributed by atoms with van der Waals surface area (Å²) >= 11 is 0. The van der Waals surface area contributed by atoms with Crippen molar-refractivity contribution < 1.29 is 9.18 Å². The lowest BCUT2D eigenvalue weighted by Crippen LogP contribution is -2.45. The van der Waals surface area contributed by atoms with Gasteiger partial charge in [-0.25, -0.2) is 4.39 Å². The predicted molar refractivity (Wildman–Crippen MR) is 73.5 cm³/mol. The Morgan fingerprint density at radius 3 is 2.63 bits per heavy atom. The van der Waals surface area contributed by atoms with Crippen molar-refractivity contribution in [3.63, 3.8) is 0 Å². The van der Waals surface area contributed by atoms with Gasteiger partial charge in [-0.15, -0.1) is 0 Å². The number of hydrogen-bond donors (Lipinski definition) is 2. The van der Waals surface area contributed by atoms with Crippen molar-refractivity contribution >= 4 is 5.91 Å². The highest BCUT2D eigenvalue weighted by Gasteiger charge is 2.30. The Morgan fingerprint density at radius 1 is 1.32 bits per heavy atom. The first-order chi connectivity index (χ1) is 9.19. The summed E-state index contributed by atoms with van der Waals surface area (Å²) in [6, 6.07) is 7.12. The molecule has 1 aromatic carbocycles. The molecule has 4 heteroatoms. The van der Waals surface area contributed by atoms with E-state index in [9.17, 15) is 9.18 Å². The van der Waals surface area contributed by atoms with Gasteiger partial charge in [-0.3, -0.25) is 4.79 Å². The zero-order chi connectivity index (χ0) is 13.7. The molecule has 3 nitrogen and oxygen atoms in total. The summed E-state index contributed by atoms with van der Waals surface area (Å²) in [5.74, 6) is 0.370. The van der Waals surface area contributed by atoms with Crippen LogP contribution in [0.5, 0.6) is 0 Å². The standard InChI is InChI=1S/C15H21FN2O/c1-2-7-17-15(19)10-18-14-8-12(9-14)11-3-5-13(16)6-4-11/h3-6,12,14,18H,2,7-10H2,1H3,(H,17,19). The third kappa shape index (κ3) is 4.03. The fraction of sp³-hybridized carbons (Fsp3) is 0.533. The minimum atomic E-state index is -0.189. The smallest absolute Gasteiger partial charge is 0.233 e. The number of carbonyl (C=O) groups excluding carboxylic acids is 1. The number of rotatable bonds is 6. The molecule has 0 atom stereocenters. The maximum atomic E-state index is 12.8. The van der Waals surface area contributed by atoms with Crippen LogP contribution < -0.4 is 10.6 Å². The van der Waals surface area contributed by atoms with E-state index in [1.54, 1.807) is 0 Å². The summed E-state index contributed by atoms with van der Waals surface area (Å²) < 4.78 is 12.8. The van der Waals surface area contributed by atoms with E-state index in [2.05, 4.69) is 10.6 Å². The number of benzene rings is 1. The fourth-order valence-electron chi connectivity index (χ4n) is 2.36. The van der Waals surface area contributed by atoms with Crippen LogP contribution in [0, 0.1) is 5.82 Å². The molecule has 1 saturated carbocycles. The topological polar surface area (TPSA) is 41.1 Å². The van der Waals surface area contributed by atoms with Gasteiger partial charge in [0.1, 0.15) is 5.82 Å². The third-order valence-corrected chi connectivity index (χ3v) is 3.60. The van der Waals surface area contributed by atoms with Crippen LogP contribution in [-0.4, -0.2) is 25.0 Å². The van der Waals surface area contributed by atoms with Gasteiger partial charge >= 0.3 is 0 Å². The van der Waals surface area contributed by atoms with E-state index in [1.807, 2.05) is 19.1 Å². The first kappa shape index (κ1) is 14.0. The summed E-state index contributed by atoms with van der Waals surface area (Å²) in [5, 5.41) is 6.09. The summed E-state index contributed by atoms with van der Waals surface area (Å²) in [6.45, 7) is 3.16. The van der Waals surface area contributed by atoms with Crippen LogP contribution in [0.25, 0.3) is 0 Å². The van der Waals surface area contributed by atoms with E-state index < -0.39 is 0 Å². The van der Waals surface area contributed by atoms with Gasteiger partial charge in [0, 0.05) is 12.6 Å². The fourth-order valence-corrected chi connectivity index (χ4v) is 2.36. The Labute approximate surface area is 113 Å². The Balaban J connectivity index is 1.66. The lowest BCUT2D eigenvalue weighted by molar-refractivity contribution is -0.120. The van der Waals surface area contributed by atoms with Gasteiger partial charge in [-0.2, -0.15) is 0 Å². The zero-order valence-electron chi connectivity index (χ0n) is 11.3. The van der Waals surface area contributed by atoms with Gasteiger partial charge in [0.2, 0.25) is 5.91 Å². The van der Waals surface area contributed by atoms with E-state index in [1.165, 1.54) is 17.7 Å². The molecule has 1 amide bonds. The van der Waals surface area contributed by atoms with Gasteiger partial charge in [0.25, 0.3) is 0 Å². The molecule has 0 aliphatic heterocycles. The van der Waals surface area contributed by atoms with Crippen molar-refractivity contribution in [3.05, 3.63) is 35.6 Å². The van der Waals surface area contributed by atoms with Crippen LogP contribution in [0.1, 0.15) is 37.7 Å². The van der Waals surface area contributed by atoms with E-state index in [-0.39, 0.29) is 11.7 Å². The summed E-state index contributed by atoms with van der Waals surface area (Å²) in [7, 11) is 0. The maximum Gasteiger partial charge on any atom is 0.233 e. The van der Waals surface area contributed by atoms with Gasteiger partial charge in [-0.1, -0.05) is 19.1 Å². The van der Waals surface area contributed by atoms with E-state index in [0.29, 0.717) is 18.5 Å². The molecule has 0 aromatic heterocycles. The molecule has 0 spiro atoms. The number of amides is 1. The predicted octanol–water partition coefficient (Wildman–Crippen LogP) is 2.19. The van der Waals surface area contributed by atoms with Gasteiger partial charge in [0.05, 0.1) is 6.54 Å². The normalized spacial score (nSPS) is 21.8. The minimum absolute atomic E-state index is 0.0621. The van der Waals surface area contributed by atoms with Crippen LogP contribution in [0.15, 0.2) is 24.3 Å². The first-order valence-corrected chi connectivity index (χ1v) is 6.94. The molecular formula is C15H21FN2O. The molecule has 0 radical (unpaired) electrons. The zero-order valence-corrected chi connectivity index (χ0v) is 11.3. The molecule has 2 N–H and O–H groups in total. The summed E-state index contributed by atoms with van der Waals surface area (Å²) in [4.78, 5) is 11.4. The first-order valence-electron chi connectivity index (χ1n) is 6.94. The summed E-state index contributed by atoms with van der Waals surface area (Å²) in [5.41, 5.74) is 1.19. The second kappa shape index (κ2) is 6.66. The highest BCUT2D eigenvalue weighted by molar-refractivity contribution is 5.77. The van der Waals surface area contributed by atoms with Crippen molar-refractivity contribution in [3.8, 4) is 0 Å². The van der Waals surface area contributed by atoms with Crippen LogP contribution in [0.2, 0.25) is 0 Å². The Morgan fingerprint density at radius 2 is 2.00 bits per heavy atom. The SMILES string of the molecule is CCCNC(=O)CNC1CC(c2ccc(F)cc2)C1. The average Bonchev–Trinajstić information content (AvgIpc) is 2.36. The second-order valence-electron chi connectivity index (χ2n) is 5.15. The second-order valence-corrected chi connectivity index (χ2v) is 5.15. The average molecular weight is 264 g/mol. The molecule has 104 valence electrons. The number of carbonyl (C=O) groups is 1. The Bertz CT molecular complexity index is 413. The molecule has 1 aliphatic rings. The summed E-state index contributed by atoms with van der Waals surface area (Å²) in [6.07, 6.45) is 3.00. The molecule has 19 heavy (non-hydrogen) atoms. The molecule has 0 saturated heterocycles. The quantitative estimate of drug-likeness (QED) is 0.827. The minimum Gasteiger partial charge on any atom is -0.355 e. The van der Waals surface area contributed by atoms with Crippen LogP contribution >= 0.6 is 0 Å². The lowest BCUT2D eigenvalue weighted by Gasteiger charge is -2.36. The molecule has 0 bridgehead atoms. The molecule has 2 rings (SSSR count). The van der Waals surface area contributed by atoms with E-state index in [0.717, 1.165) is 25.8 Å². The van der Waals surface area contributed by atoms with Crippen molar-refractivity contribution in [2.45, 2.75) is 38.1 Å². The van der Waals surface area contributed by atoms with Gasteiger partial charge < -0.3 is 10.6 Å². The maximum absolute atomic E-state index is 12.8. The molecule has 1 fully saturated rings. The Kier molecular flexibility index (Phi) is 4.91.